The zero-order valence-corrected chi connectivity index (χ0v) is 18.1. The Hall–Kier alpha value is -3.17. The molecule has 2 aromatic carbocycles. The van der Waals surface area contributed by atoms with Crippen molar-refractivity contribution in [3.8, 4) is 17.2 Å². The Morgan fingerprint density at radius 3 is 2.45 bits per heavy atom. The number of benzene rings is 2. The van der Waals surface area contributed by atoms with E-state index in [1.165, 1.54) is 0 Å². The van der Waals surface area contributed by atoms with Gasteiger partial charge in [-0.15, -0.1) is 5.10 Å². The van der Waals surface area contributed by atoms with Crippen LogP contribution < -0.4 is 9.47 Å². The third-order valence-corrected chi connectivity index (χ3v) is 5.52. The van der Waals surface area contributed by atoms with Gasteiger partial charge in [0.15, 0.2) is 5.82 Å². The number of piperazine rings is 1. The van der Waals surface area contributed by atoms with Gasteiger partial charge in [-0.1, -0.05) is 11.6 Å². The molecule has 1 saturated heterocycles. The zero-order valence-electron chi connectivity index (χ0n) is 17.4. The Bertz CT molecular complexity index is 1050. The normalized spacial score (nSPS) is 14.5. The first-order chi connectivity index (χ1) is 15.1. The molecule has 1 amide bonds. The molecule has 1 aromatic heterocycles. The van der Waals surface area contributed by atoms with Crippen LogP contribution in [0, 0.1) is 0 Å². The van der Waals surface area contributed by atoms with Crippen LogP contribution >= 0.6 is 11.6 Å². The highest BCUT2D eigenvalue weighted by molar-refractivity contribution is 6.30. The predicted molar refractivity (Wildman–Crippen MR) is 115 cm³/mol. The van der Waals surface area contributed by atoms with E-state index in [-0.39, 0.29) is 5.91 Å². The number of amides is 1. The van der Waals surface area contributed by atoms with Gasteiger partial charge < -0.3 is 14.4 Å². The summed E-state index contributed by atoms with van der Waals surface area (Å²) >= 11 is 5.97. The van der Waals surface area contributed by atoms with Crippen molar-refractivity contribution < 1.29 is 14.3 Å². The number of tetrazole rings is 1. The molecule has 1 fully saturated rings. The van der Waals surface area contributed by atoms with E-state index in [0.717, 1.165) is 24.6 Å². The fourth-order valence-corrected chi connectivity index (χ4v) is 3.67. The average Bonchev–Trinajstić information content (AvgIpc) is 3.27. The summed E-state index contributed by atoms with van der Waals surface area (Å²) in [7, 11) is 3.13. The van der Waals surface area contributed by atoms with Crippen LogP contribution in [-0.4, -0.2) is 76.3 Å². The fourth-order valence-electron chi connectivity index (χ4n) is 3.54. The molecule has 0 bridgehead atoms. The Labute approximate surface area is 185 Å². The molecule has 1 aliphatic heterocycles. The van der Waals surface area contributed by atoms with E-state index in [9.17, 15) is 4.79 Å². The Morgan fingerprint density at radius 1 is 1.03 bits per heavy atom. The lowest BCUT2D eigenvalue weighted by atomic mass is 10.1. The van der Waals surface area contributed by atoms with E-state index in [1.54, 1.807) is 49.2 Å². The SMILES string of the molecule is COc1ccc(C(=O)N2CCN(Cc3nnnn3-c3ccc(Cl)cc3)CC2)c(OC)c1. The summed E-state index contributed by atoms with van der Waals surface area (Å²) in [5.74, 6) is 1.84. The molecule has 0 atom stereocenters. The smallest absolute Gasteiger partial charge is 0.257 e. The van der Waals surface area contributed by atoms with Crippen LogP contribution in [0.4, 0.5) is 0 Å². The second-order valence-corrected chi connectivity index (χ2v) is 7.55. The summed E-state index contributed by atoms with van der Waals surface area (Å²) in [5, 5.41) is 12.7. The summed E-state index contributed by atoms with van der Waals surface area (Å²) in [4.78, 5) is 17.1. The van der Waals surface area contributed by atoms with Crippen molar-refractivity contribution >= 4 is 17.5 Å². The van der Waals surface area contributed by atoms with Crippen molar-refractivity contribution in [1.82, 2.24) is 30.0 Å². The number of hydrogen-bond donors (Lipinski definition) is 0. The second-order valence-electron chi connectivity index (χ2n) is 7.12. The van der Waals surface area contributed by atoms with Crippen LogP contribution in [0.2, 0.25) is 5.02 Å². The van der Waals surface area contributed by atoms with Crippen molar-refractivity contribution in [3.05, 3.63) is 58.9 Å². The van der Waals surface area contributed by atoms with Crippen LogP contribution in [0.15, 0.2) is 42.5 Å². The van der Waals surface area contributed by atoms with E-state index in [0.29, 0.717) is 41.7 Å². The molecule has 2 heterocycles. The lowest BCUT2D eigenvalue weighted by Gasteiger charge is -2.34. The van der Waals surface area contributed by atoms with Crippen LogP contribution in [0.3, 0.4) is 0 Å². The molecule has 0 radical (unpaired) electrons. The van der Waals surface area contributed by atoms with Gasteiger partial charge in [-0.3, -0.25) is 9.69 Å². The van der Waals surface area contributed by atoms with Gasteiger partial charge in [-0.25, -0.2) is 0 Å². The summed E-state index contributed by atoms with van der Waals surface area (Å²) in [6.45, 7) is 3.24. The third-order valence-electron chi connectivity index (χ3n) is 5.27. The minimum Gasteiger partial charge on any atom is -0.497 e. The van der Waals surface area contributed by atoms with E-state index < -0.39 is 0 Å². The van der Waals surface area contributed by atoms with Gasteiger partial charge in [-0.2, -0.15) is 4.68 Å². The maximum absolute atomic E-state index is 13.0. The quantitative estimate of drug-likeness (QED) is 0.579. The number of aromatic nitrogens is 4. The Morgan fingerprint density at radius 2 is 1.77 bits per heavy atom. The molecular formula is C21H23ClN6O3. The molecule has 1 aliphatic rings. The lowest BCUT2D eigenvalue weighted by molar-refractivity contribution is 0.0621. The molecule has 0 spiro atoms. The highest BCUT2D eigenvalue weighted by Crippen LogP contribution is 2.26. The van der Waals surface area contributed by atoms with Crippen molar-refractivity contribution in [2.75, 3.05) is 40.4 Å². The number of nitrogens with zero attached hydrogens (tertiary/aromatic N) is 6. The number of methoxy groups -OCH3 is 2. The van der Waals surface area contributed by atoms with Gasteiger partial charge in [0.1, 0.15) is 11.5 Å². The van der Waals surface area contributed by atoms with Gasteiger partial charge >= 0.3 is 0 Å². The first-order valence-corrected chi connectivity index (χ1v) is 10.2. The van der Waals surface area contributed by atoms with Crippen molar-refractivity contribution in [2.45, 2.75) is 6.54 Å². The summed E-state index contributed by atoms with van der Waals surface area (Å²) in [6.07, 6.45) is 0. The highest BCUT2D eigenvalue weighted by atomic mass is 35.5. The van der Waals surface area contributed by atoms with Gasteiger partial charge in [-0.05, 0) is 46.8 Å². The largest absolute Gasteiger partial charge is 0.497 e. The number of carbonyl (C=O) groups is 1. The molecule has 31 heavy (non-hydrogen) atoms. The number of carbonyl (C=O) groups excluding carboxylic acids is 1. The molecule has 162 valence electrons. The minimum absolute atomic E-state index is 0.0508. The standard InChI is InChI=1S/C21H23ClN6O3/c1-30-17-7-8-18(19(13-17)31-2)21(29)27-11-9-26(10-12-27)14-20-23-24-25-28(20)16-5-3-15(22)4-6-16/h3-8,13H,9-12,14H2,1-2H3. The Balaban J connectivity index is 1.39. The number of ether oxygens (including phenoxy) is 2. The van der Waals surface area contributed by atoms with Crippen molar-refractivity contribution in [2.24, 2.45) is 0 Å². The summed E-state index contributed by atoms with van der Waals surface area (Å²) in [5.41, 5.74) is 1.38. The molecule has 0 N–H and O–H groups in total. The zero-order chi connectivity index (χ0) is 21.8. The maximum Gasteiger partial charge on any atom is 0.257 e. The van der Waals surface area contributed by atoms with Gasteiger partial charge in [0.05, 0.1) is 32.0 Å². The molecule has 0 saturated carbocycles. The molecule has 4 rings (SSSR count). The molecule has 0 unspecified atom stereocenters. The number of rotatable bonds is 6. The molecular weight excluding hydrogens is 420 g/mol. The van der Waals surface area contributed by atoms with E-state index in [4.69, 9.17) is 21.1 Å². The third kappa shape index (κ3) is 4.62. The van der Waals surface area contributed by atoms with Crippen molar-refractivity contribution in [3.63, 3.8) is 0 Å². The first-order valence-electron chi connectivity index (χ1n) is 9.86. The molecule has 9 nitrogen and oxygen atoms in total. The van der Waals surface area contributed by atoms with Crippen LogP contribution in [0.25, 0.3) is 5.69 Å². The molecule has 3 aromatic rings. The van der Waals surface area contributed by atoms with Gasteiger partial charge in [0.2, 0.25) is 0 Å². The van der Waals surface area contributed by atoms with Crippen LogP contribution in [-0.2, 0) is 6.54 Å². The Kier molecular flexibility index (Phi) is 6.34. The van der Waals surface area contributed by atoms with Crippen LogP contribution in [0.5, 0.6) is 11.5 Å². The summed E-state index contributed by atoms with van der Waals surface area (Å²) < 4.78 is 12.3. The van der Waals surface area contributed by atoms with Crippen molar-refractivity contribution in [1.29, 1.82) is 0 Å². The number of halogens is 1. The number of hydrogen-bond acceptors (Lipinski definition) is 7. The predicted octanol–water partition coefficient (Wildman–Crippen LogP) is 2.29. The maximum atomic E-state index is 13.0. The van der Waals surface area contributed by atoms with E-state index in [1.807, 2.05) is 17.0 Å². The fraction of sp³-hybridized carbons (Fsp3) is 0.333. The second kappa shape index (κ2) is 9.32. The van der Waals surface area contributed by atoms with Gasteiger partial charge in [0, 0.05) is 37.3 Å². The summed E-state index contributed by atoms with van der Waals surface area (Å²) in [6, 6.07) is 12.6. The molecule has 0 aliphatic carbocycles. The average molecular weight is 443 g/mol. The van der Waals surface area contributed by atoms with E-state index in [2.05, 4.69) is 20.4 Å². The first kappa shape index (κ1) is 21.1. The lowest BCUT2D eigenvalue weighted by Crippen LogP contribution is -2.48. The molecule has 10 heteroatoms. The topological polar surface area (TPSA) is 85.6 Å². The van der Waals surface area contributed by atoms with Gasteiger partial charge in [0.25, 0.3) is 5.91 Å². The highest BCUT2D eigenvalue weighted by Gasteiger charge is 2.25. The minimum atomic E-state index is -0.0508. The monoisotopic (exact) mass is 442 g/mol. The van der Waals surface area contributed by atoms with Crippen LogP contribution in [0.1, 0.15) is 16.2 Å². The van der Waals surface area contributed by atoms with E-state index >= 15 is 0 Å².